The normalized spacial score (nSPS) is 11.0. The number of anilines is 1. The Labute approximate surface area is 129 Å². The first-order chi connectivity index (χ1) is 10.5. The smallest absolute Gasteiger partial charge is 0.255 e. The van der Waals surface area contributed by atoms with Gasteiger partial charge >= 0.3 is 0 Å². The Hall–Kier alpha value is -2.34. The van der Waals surface area contributed by atoms with Gasteiger partial charge in [0.2, 0.25) is 0 Å². The van der Waals surface area contributed by atoms with E-state index in [9.17, 15) is 13.2 Å². The van der Waals surface area contributed by atoms with Gasteiger partial charge in [-0.15, -0.1) is 0 Å². The fraction of sp³-hybridized carbons (Fsp3) is 0.188. The van der Waals surface area contributed by atoms with Gasteiger partial charge < -0.3 is 10.1 Å². The van der Waals surface area contributed by atoms with Crippen molar-refractivity contribution >= 4 is 21.4 Å². The Morgan fingerprint density at radius 1 is 1.14 bits per heavy atom. The molecule has 0 saturated carbocycles. The zero-order chi connectivity index (χ0) is 16.2. The SMILES string of the molecule is CCS(=O)(=O)c1ccccc1NC(=O)c1cccc(OC)c1. The van der Waals surface area contributed by atoms with Crippen LogP contribution in [0, 0.1) is 0 Å². The molecule has 0 aliphatic rings. The monoisotopic (exact) mass is 319 g/mol. The minimum Gasteiger partial charge on any atom is -0.497 e. The Morgan fingerprint density at radius 2 is 1.86 bits per heavy atom. The van der Waals surface area contributed by atoms with Crippen LogP contribution >= 0.6 is 0 Å². The van der Waals surface area contributed by atoms with Crippen molar-refractivity contribution in [2.75, 3.05) is 18.2 Å². The molecule has 1 amide bonds. The molecule has 5 nitrogen and oxygen atoms in total. The lowest BCUT2D eigenvalue weighted by Gasteiger charge is -2.11. The van der Waals surface area contributed by atoms with E-state index in [2.05, 4.69) is 5.32 Å². The van der Waals surface area contributed by atoms with Crippen molar-refractivity contribution in [1.82, 2.24) is 0 Å². The summed E-state index contributed by atoms with van der Waals surface area (Å²) in [5, 5.41) is 2.64. The van der Waals surface area contributed by atoms with Gasteiger partial charge in [-0.2, -0.15) is 0 Å². The molecule has 2 rings (SSSR count). The third-order valence-corrected chi connectivity index (χ3v) is 4.97. The van der Waals surface area contributed by atoms with Crippen LogP contribution in [0.3, 0.4) is 0 Å². The number of amides is 1. The average molecular weight is 319 g/mol. The molecule has 0 unspecified atom stereocenters. The number of nitrogens with one attached hydrogen (secondary N) is 1. The lowest BCUT2D eigenvalue weighted by Crippen LogP contribution is -2.15. The van der Waals surface area contributed by atoms with Gasteiger partial charge in [-0.3, -0.25) is 4.79 Å². The van der Waals surface area contributed by atoms with E-state index >= 15 is 0 Å². The van der Waals surface area contributed by atoms with Gasteiger partial charge in [0.05, 0.1) is 23.4 Å². The Morgan fingerprint density at radius 3 is 2.55 bits per heavy atom. The van der Waals surface area contributed by atoms with Gasteiger partial charge in [0.25, 0.3) is 5.91 Å². The highest BCUT2D eigenvalue weighted by atomic mass is 32.2. The molecule has 22 heavy (non-hydrogen) atoms. The summed E-state index contributed by atoms with van der Waals surface area (Å²) in [5.41, 5.74) is 0.667. The molecule has 0 saturated heterocycles. The van der Waals surface area contributed by atoms with E-state index in [-0.39, 0.29) is 16.3 Å². The molecule has 2 aromatic carbocycles. The summed E-state index contributed by atoms with van der Waals surface area (Å²) in [6.07, 6.45) is 0. The predicted molar refractivity (Wildman–Crippen MR) is 85.1 cm³/mol. The predicted octanol–water partition coefficient (Wildman–Crippen LogP) is 2.74. The Kier molecular flexibility index (Phi) is 4.82. The maximum absolute atomic E-state index is 12.3. The lowest BCUT2D eigenvalue weighted by atomic mass is 10.2. The van der Waals surface area contributed by atoms with Crippen LogP contribution in [0.15, 0.2) is 53.4 Å². The molecule has 0 atom stereocenters. The summed E-state index contributed by atoms with van der Waals surface area (Å²) in [5.74, 6) is 0.138. The van der Waals surface area contributed by atoms with Crippen LogP contribution in [0.4, 0.5) is 5.69 Å². The van der Waals surface area contributed by atoms with Crippen molar-refractivity contribution in [3.63, 3.8) is 0 Å². The summed E-state index contributed by atoms with van der Waals surface area (Å²) in [4.78, 5) is 12.4. The largest absolute Gasteiger partial charge is 0.497 e. The highest BCUT2D eigenvalue weighted by Crippen LogP contribution is 2.23. The summed E-state index contributed by atoms with van der Waals surface area (Å²) >= 11 is 0. The number of sulfone groups is 1. The molecule has 0 aromatic heterocycles. The summed E-state index contributed by atoms with van der Waals surface area (Å²) in [6.45, 7) is 1.57. The van der Waals surface area contributed by atoms with Crippen molar-refractivity contribution in [3.05, 3.63) is 54.1 Å². The van der Waals surface area contributed by atoms with E-state index in [4.69, 9.17) is 4.74 Å². The van der Waals surface area contributed by atoms with E-state index < -0.39 is 15.7 Å². The Balaban J connectivity index is 2.33. The number of methoxy groups -OCH3 is 1. The number of hydrogen-bond acceptors (Lipinski definition) is 4. The maximum atomic E-state index is 12.3. The van der Waals surface area contributed by atoms with E-state index in [0.717, 1.165) is 0 Å². The molecule has 0 fully saturated rings. The highest BCUT2D eigenvalue weighted by molar-refractivity contribution is 7.91. The molecule has 1 N–H and O–H groups in total. The van der Waals surface area contributed by atoms with Gasteiger partial charge in [-0.05, 0) is 30.3 Å². The maximum Gasteiger partial charge on any atom is 0.255 e. The molecule has 0 heterocycles. The summed E-state index contributed by atoms with van der Waals surface area (Å²) < 4.78 is 29.2. The standard InChI is InChI=1S/C16H17NO4S/c1-3-22(19,20)15-10-5-4-9-14(15)17-16(18)12-7-6-8-13(11-12)21-2/h4-11H,3H2,1-2H3,(H,17,18). The van der Waals surface area contributed by atoms with Crippen molar-refractivity contribution in [2.45, 2.75) is 11.8 Å². The van der Waals surface area contributed by atoms with Crippen LogP contribution in [0.25, 0.3) is 0 Å². The van der Waals surface area contributed by atoms with Gasteiger partial charge in [0.15, 0.2) is 9.84 Å². The minimum atomic E-state index is -3.41. The highest BCUT2D eigenvalue weighted by Gasteiger charge is 2.18. The van der Waals surface area contributed by atoms with Crippen molar-refractivity contribution in [3.8, 4) is 5.75 Å². The second-order valence-electron chi connectivity index (χ2n) is 4.59. The number of rotatable bonds is 5. The first-order valence-corrected chi connectivity index (χ1v) is 8.40. The topological polar surface area (TPSA) is 72.5 Å². The van der Waals surface area contributed by atoms with E-state index in [1.165, 1.54) is 13.2 Å². The number of para-hydroxylation sites is 1. The molecular weight excluding hydrogens is 302 g/mol. The van der Waals surface area contributed by atoms with Crippen molar-refractivity contribution in [2.24, 2.45) is 0 Å². The Bertz CT molecular complexity index is 784. The quantitative estimate of drug-likeness (QED) is 0.920. The van der Waals surface area contributed by atoms with Crippen molar-refractivity contribution in [1.29, 1.82) is 0 Å². The van der Waals surface area contributed by atoms with Crippen LogP contribution in [0.5, 0.6) is 5.75 Å². The molecule has 0 aliphatic carbocycles. The molecule has 2 aromatic rings. The lowest BCUT2D eigenvalue weighted by molar-refractivity contribution is 0.102. The first kappa shape index (κ1) is 16.0. The summed E-state index contributed by atoms with van der Waals surface area (Å²) in [6, 6.07) is 13.0. The van der Waals surface area contributed by atoms with Gasteiger partial charge in [0.1, 0.15) is 5.75 Å². The van der Waals surface area contributed by atoms with Crippen LogP contribution in [-0.2, 0) is 9.84 Å². The van der Waals surface area contributed by atoms with Gasteiger partial charge in [-0.25, -0.2) is 8.42 Å². The van der Waals surface area contributed by atoms with Crippen LogP contribution in [0.1, 0.15) is 17.3 Å². The van der Waals surface area contributed by atoms with Crippen LogP contribution in [0.2, 0.25) is 0 Å². The number of benzene rings is 2. The summed E-state index contributed by atoms with van der Waals surface area (Å²) in [7, 11) is -1.89. The van der Waals surface area contributed by atoms with Gasteiger partial charge in [-0.1, -0.05) is 25.1 Å². The van der Waals surface area contributed by atoms with E-state index in [0.29, 0.717) is 11.3 Å². The third kappa shape index (κ3) is 3.46. The molecule has 6 heteroatoms. The zero-order valence-electron chi connectivity index (χ0n) is 12.4. The molecule has 0 bridgehead atoms. The molecule has 0 radical (unpaired) electrons. The molecule has 116 valence electrons. The fourth-order valence-electron chi connectivity index (χ4n) is 1.96. The van der Waals surface area contributed by atoms with E-state index in [1.54, 1.807) is 49.4 Å². The average Bonchev–Trinajstić information content (AvgIpc) is 2.55. The van der Waals surface area contributed by atoms with Crippen LogP contribution < -0.4 is 10.1 Å². The second kappa shape index (κ2) is 6.62. The third-order valence-electron chi connectivity index (χ3n) is 3.18. The molecule has 0 aliphatic heterocycles. The van der Waals surface area contributed by atoms with Crippen LogP contribution in [-0.4, -0.2) is 27.2 Å². The molecular formula is C16H17NO4S. The van der Waals surface area contributed by atoms with Crippen molar-refractivity contribution < 1.29 is 17.9 Å². The number of carbonyl (C=O) groups excluding carboxylic acids is 1. The number of ether oxygens (including phenoxy) is 1. The van der Waals surface area contributed by atoms with E-state index in [1.807, 2.05) is 0 Å². The fourth-order valence-corrected chi connectivity index (χ4v) is 3.01. The number of carbonyl (C=O) groups is 1. The zero-order valence-corrected chi connectivity index (χ0v) is 13.2. The second-order valence-corrected chi connectivity index (χ2v) is 6.83. The first-order valence-electron chi connectivity index (χ1n) is 6.75. The number of hydrogen-bond donors (Lipinski definition) is 1. The molecule has 0 spiro atoms. The minimum absolute atomic E-state index is 0.0287. The van der Waals surface area contributed by atoms with Gasteiger partial charge in [0, 0.05) is 5.56 Å².